The van der Waals surface area contributed by atoms with Crippen molar-refractivity contribution in [3.8, 4) is 17.4 Å². The number of rotatable bonds is 7. The molecular formula is C20H18ClN6O-. The van der Waals surface area contributed by atoms with Crippen molar-refractivity contribution in [2.75, 3.05) is 0 Å². The molecule has 2 aromatic heterocycles. The van der Waals surface area contributed by atoms with Crippen molar-refractivity contribution in [1.82, 2.24) is 30.5 Å². The smallest absolute Gasteiger partial charge is 0.345 e. The van der Waals surface area contributed by atoms with Gasteiger partial charge in [-0.2, -0.15) is 4.68 Å². The Labute approximate surface area is 168 Å². The molecule has 7 nitrogen and oxygen atoms in total. The summed E-state index contributed by atoms with van der Waals surface area (Å²) in [6.45, 7) is 1.47. The fourth-order valence-corrected chi connectivity index (χ4v) is 2.65. The molecule has 4 aromatic rings. The Morgan fingerprint density at radius 3 is 2.54 bits per heavy atom. The van der Waals surface area contributed by atoms with E-state index < -0.39 is 0 Å². The molecule has 8 heteroatoms. The number of halogens is 1. The number of nitrogens with one attached hydrogen (secondary N) is 1. The summed E-state index contributed by atoms with van der Waals surface area (Å²) in [5.74, 6) is 0.683. The largest absolute Gasteiger partial charge is 1.00 e. The monoisotopic (exact) mass is 393 g/mol. The van der Waals surface area contributed by atoms with E-state index in [0.717, 1.165) is 29.9 Å². The van der Waals surface area contributed by atoms with Gasteiger partial charge in [0.15, 0.2) is 0 Å². The lowest BCUT2D eigenvalue weighted by molar-refractivity contribution is -0.00000629. The molecule has 0 amide bonds. The molecular weight excluding hydrogens is 376 g/mol. The maximum atomic E-state index is 5.90. The van der Waals surface area contributed by atoms with E-state index >= 15 is 0 Å². The minimum Gasteiger partial charge on any atom is -1.00 e. The van der Waals surface area contributed by atoms with E-state index in [1.807, 2.05) is 72.9 Å². The van der Waals surface area contributed by atoms with Gasteiger partial charge in [-0.1, -0.05) is 41.5 Å². The van der Waals surface area contributed by atoms with E-state index in [1.165, 1.54) is 0 Å². The highest BCUT2D eigenvalue weighted by Gasteiger charge is 2.10. The van der Waals surface area contributed by atoms with Crippen LogP contribution in [0.2, 0.25) is 0 Å². The van der Waals surface area contributed by atoms with Crippen molar-refractivity contribution < 1.29 is 17.1 Å². The summed E-state index contributed by atoms with van der Waals surface area (Å²) in [6, 6.07) is 21.8. The first-order valence-electron chi connectivity index (χ1n) is 8.59. The summed E-state index contributed by atoms with van der Waals surface area (Å²) < 4.78 is 7.46. The van der Waals surface area contributed by atoms with Crippen LogP contribution in [0.3, 0.4) is 0 Å². The van der Waals surface area contributed by atoms with Crippen LogP contribution >= 0.6 is 0 Å². The van der Waals surface area contributed by atoms with Crippen molar-refractivity contribution >= 4 is 0 Å². The van der Waals surface area contributed by atoms with Gasteiger partial charge in [-0.25, -0.2) is 0 Å². The standard InChI is InChI=1S/C20H18N6O.ClH/c1-2-8-18(9-3-1)26-20(23-24-25-26)27-19-10-4-6-16(12-19)13-22-15-17-7-5-11-21-14-17;/h1-12,14,22H,13,15H2;1H/p-1. The van der Waals surface area contributed by atoms with Gasteiger partial charge in [0.1, 0.15) is 5.75 Å². The Bertz CT molecular complexity index is 994. The van der Waals surface area contributed by atoms with E-state index in [0.29, 0.717) is 11.8 Å². The Morgan fingerprint density at radius 1 is 0.893 bits per heavy atom. The Balaban J connectivity index is 0.00000225. The van der Waals surface area contributed by atoms with Crippen molar-refractivity contribution in [3.63, 3.8) is 0 Å². The first kappa shape index (κ1) is 19.5. The Kier molecular flexibility index (Phi) is 6.67. The number of nitrogens with zero attached hydrogens (tertiary/aromatic N) is 5. The summed E-state index contributed by atoms with van der Waals surface area (Å²) in [4.78, 5) is 4.12. The summed E-state index contributed by atoms with van der Waals surface area (Å²) in [6.07, 6.45) is 3.63. The number of para-hydroxylation sites is 1. The van der Waals surface area contributed by atoms with E-state index in [4.69, 9.17) is 4.74 Å². The second-order valence-electron chi connectivity index (χ2n) is 5.92. The molecule has 0 radical (unpaired) electrons. The lowest BCUT2D eigenvalue weighted by atomic mass is 10.2. The highest BCUT2D eigenvalue weighted by molar-refractivity contribution is 5.34. The van der Waals surface area contributed by atoms with E-state index in [-0.39, 0.29) is 12.4 Å². The first-order chi connectivity index (χ1) is 13.4. The molecule has 2 heterocycles. The molecule has 0 aliphatic heterocycles. The van der Waals surface area contributed by atoms with Crippen LogP contribution in [0, 0.1) is 0 Å². The lowest BCUT2D eigenvalue weighted by Gasteiger charge is -2.08. The van der Waals surface area contributed by atoms with Crippen LogP contribution in [0.5, 0.6) is 11.8 Å². The normalized spacial score (nSPS) is 10.3. The third kappa shape index (κ3) is 4.91. The molecule has 142 valence electrons. The quantitative estimate of drug-likeness (QED) is 0.481. The molecule has 0 fully saturated rings. The molecule has 0 unspecified atom stereocenters. The minimum absolute atomic E-state index is 0. The number of pyridine rings is 1. The molecule has 0 atom stereocenters. The molecule has 0 bridgehead atoms. The zero-order valence-electron chi connectivity index (χ0n) is 14.9. The van der Waals surface area contributed by atoms with Crippen molar-refractivity contribution in [2.45, 2.75) is 13.1 Å². The van der Waals surface area contributed by atoms with Gasteiger partial charge in [-0.3, -0.25) is 4.98 Å². The van der Waals surface area contributed by atoms with Gasteiger partial charge in [0.2, 0.25) is 0 Å². The van der Waals surface area contributed by atoms with Crippen LogP contribution < -0.4 is 22.5 Å². The maximum absolute atomic E-state index is 5.90. The van der Waals surface area contributed by atoms with Gasteiger partial charge >= 0.3 is 6.01 Å². The molecule has 0 aliphatic carbocycles. The fourth-order valence-electron chi connectivity index (χ4n) is 2.65. The Morgan fingerprint density at radius 2 is 1.71 bits per heavy atom. The average molecular weight is 394 g/mol. The van der Waals surface area contributed by atoms with Gasteiger partial charge in [0.05, 0.1) is 5.69 Å². The van der Waals surface area contributed by atoms with Gasteiger partial charge in [-0.05, 0) is 51.9 Å². The van der Waals surface area contributed by atoms with Crippen LogP contribution in [0.4, 0.5) is 0 Å². The highest BCUT2D eigenvalue weighted by atomic mass is 35.5. The first-order valence-corrected chi connectivity index (χ1v) is 8.59. The molecule has 2 aromatic carbocycles. The predicted molar refractivity (Wildman–Crippen MR) is 100 cm³/mol. The molecule has 4 rings (SSSR count). The number of aromatic nitrogens is 5. The molecule has 0 saturated heterocycles. The number of benzene rings is 2. The van der Waals surface area contributed by atoms with E-state index in [2.05, 4.69) is 25.8 Å². The van der Waals surface area contributed by atoms with Crippen LogP contribution in [-0.2, 0) is 13.1 Å². The van der Waals surface area contributed by atoms with Gasteiger partial charge in [0, 0.05) is 25.5 Å². The maximum Gasteiger partial charge on any atom is 0.345 e. The SMILES string of the molecule is [Cl-].c1ccc(-n2nnnc2Oc2cccc(CNCc3cccnc3)c2)cc1. The molecule has 28 heavy (non-hydrogen) atoms. The minimum atomic E-state index is 0. The number of tetrazole rings is 1. The summed E-state index contributed by atoms with van der Waals surface area (Å²) in [5, 5.41) is 15.1. The second kappa shape index (κ2) is 9.59. The second-order valence-corrected chi connectivity index (χ2v) is 5.92. The van der Waals surface area contributed by atoms with Gasteiger partial charge in [-0.15, -0.1) is 0 Å². The van der Waals surface area contributed by atoms with Crippen molar-refractivity contribution in [2.24, 2.45) is 0 Å². The lowest BCUT2D eigenvalue weighted by Crippen LogP contribution is -3.00. The highest BCUT2D eigenvalue weighted by Crippen LogP contribution is 2.22. The fraction of sp³-hybridized carbons (Fsp3) is 0.100. The van der Waals surface area contributed by atoms with Crippen LogP contribution in [0.15, 0.2) is 79.1 Å². The molecule has 0 spiro atoms. The molecule has 0 aliphatic rings. The molecule has 0 saturated carbocycles. The van der Waals surface area contributed by atoms with Crippen molar-refractivity contribution in [3.05, 3.63) is 90.3 Å². The van der Waals surface area contributed by atoms with E-state index in [9.17, 15) is 0 Å². The van der Waals surface area contributed by atoms with Crippen LogP contribution in [0.25, 0.3) is 5.69 Å². The molecule has 1 N–H and O–H groups in total. The number of hydrogen-bond acceptors (Lipinski definition) is 6. The van der Waals surface area contributed by atoms with Gasteiger partial charge in [0.25, 0.3) is 0 Å². The third-order valence-corrected chi connectivity index (χ3v) is 3.93. The van der Waals surface area contributed by atoms with Crippen LogP contribution in [0.1, 0.15) is 11.1 Å². The van der Waals surface area contributed by atoms with Gasteiger partial charge < -0.3 is 22.5 Å². The van der Waals surface area contributed by atoms with E-state index in [1.54, 1.807) is 10.9 Å². The topological polar surface area (TPSA) is 77.8 Å². The summed E-state index contributed by atoms with van der Waals surface area (Å²) in [5.41, 5.74) is 3.09. The number of hydrogen-bond donors (Lipinski definition) is 1. The average Bonchev–Trinajstić information content (AvgIpc) is 3.18. The number of ether oxygens (including phenoxy) is 1. The Hall–Kier alpha value is -3.29. The zero-order valence-corrected chi connectivity index (χ0v) is 15.7. The van der Waals surface area contributed by atoms with Crippen molar-refractivity contribution in [1.29, 1.82) is 0 Å². The third-order valence-electron chi connectivity index (χ3n) is 3.93. The predicted octanol–water partition coefficient (Wildman–Crippen LogP) is 0.143. The van der Waals surface area contributed by atoms with Crippen LogP contribution in [-0.4, -0.2) is 25.2 Å². The summed E-state index contributed by atoms with van der Waals surface area (Å²) in [7, 11) is 0. The zero-order chi connectivity index (χ0) is 18.3. The summed E-state index contributed by atoms with van der Waals surface area (Å²) >= 11 is 0.